The molecule has 1 fully saturated rings. The molecule has 3 heteroatoms. The van der Waals surface area contributed by atoms with Gasteiger partial charge in [0.1, 0.15) is 5.78 Å². The third-order valence-corrected chi connectivity index (χ3v) is 6.92. The summed E-state index contributed by atoms with van der Waals surface area (Å²) in [6.07, 6.45) is 15.4. The fourth-order valence-electron chi connectivity index (χ4n) is 4.67. The number of fused-ring (bicyclic) bond motifs is 1. The summed E-state index contributed by atoms with van der Waals surface area (Å²) >= 11 is 0. The first-order valence-electron chi connectivity index (χ1n) is 11.9. The molecule has 0 amide bonds. The van der Waals surface area contributed by atoms with Crippen LogP contribution in [0, 0.1) is 5.92 Å². The van der Waals surface area contributed by atoms with E-state index in [1.807, 2.05) is 0 Å². The highest BCUT2D eigenvalue weighted by atomic mass is 16.1. The van der Waals surface area contributed by atoms with Crippen molar-refractivity contribution < 1.29 is 6.22 Å². The SMILES string of the molecule is CC/C(=C\N)c1ccc(Cc2ccc3c(n2)C(CCCCC(=O)C2CCC2)C=C3)cc1.[HH]. The summed E-state index contributed by atoms with van der Waals surface area (Å²) in [5, 5.41) is 0. The molecule has 0 radical (unpaired) electrons. The number of nitrogens with zero attached hydrogens (tertiary/aromatic N) is 1. The highest BCUT2D eigenvalue weighted by molar-refractivity contribution is 5.81. The molecule has 164 valence electrons. The van der Waals surface area contributed by atoms with Gasteiger partial charge in [-0.15, -0.1) is 0 Å². The van der Waals surface area contributed by atoms with Crippen LogP contribution in [-0.4, -0.2) is 10.8 Å². The minimum Gasteiger partial charge on any atom is -0.404 e. The van der Waals surface area contributed by atoms with Gasteiger partial charge in [-0.2, -0.15) is 0 Å². The number of ketones is 1. The van der Waals surface area contributed by atoms with E-state index in [1.54, 1.807) is 6.20 Å². The number of rotatable bonds is 10. The van der Waals surface area contributed by atoms with Crippen LogP contribution in [0.5, 0.6) is 0 Å². The van der Waals surface area contributed by atoms with E-state index in [0.29, 0.717) is 17.6 Å². The summed E-state index contributed by atoms with van der Waals surface area (Å²) in [6, 6.07) is 13.0. The summed E-state index contributed by atoms with van der Waals surface area (Å²) < 4.78 is 0. The molecule has 0 spiro atoms. The van der Waals surface area contributed by atoms with Crippen LogP contribution in [0.25, 0.3) is 11.6 Å². The van der Waals surface area contributed by atoms with Crippen LogP contribution in [0.2, 0.25) is 0 Å². The van der Waals surface area contributed by atoms with Crippen molar-refractivity contribution in [2.24, 2.45) is 11.7 Å². The smallest absolute Gasteiger partial charge is 0.135 e. The van der Waals surface area contributed by atoms with Crippen molar-refractivity contribution in [2.75, 3.05) is 0 Å². The van der Waals surface area contributed by atoms with E-state index >= 15 is 0 Å². The van der Waals surface area contributed by atoms with Crippen molar-refractivity contribution in [1.82, 2.24) is 4.98 Å². The van der Waals surface area contributed by atoms with E-state index in [9.17, 15) is 4.79 Å². The Morgan fingerprint density at radius 1 is 1.16 bits per heavy atom. The van der Waals surface area contributed by atoms with Crippen LogP contribution in [0.3, 0.4) is 0 Å². The molecule has 2 aromatic rings. The minimum absolute atomic E-state index is 0. The maximum atomic E-state index is 12.1. The lowest BCUT2D eigenvalue weighted by atomic mass is 9.80. The van der Waals surface area contributed by atoms with Crippen molar-refractivity contribution in [3.05, 3.63) is 76.8 Å². The number of carbonyl (C=O) groups excluding carboxylic acids is 1. The van der Waals surface area contributed by atoms with Crippen molar-refractivity contribution in [3.8, 4) is 0 Å². The predicted octanol–water partition coefficient (Wildman–Crippen LogP) is 6.67. The number of allylic oxidation sites excluding steroid dienone is 2. The van der Waals surface area contributed by atoms with Gasteiger partial charge in [0, 0.05) is 31.8 Å². The molecule has 1 atom stereocenters. The molecule has 1 unspecified atom stereocenters. The van der Waals surface area contributed by atoms with Gasteiger partial charge in [0.15, 0.2) is 0 Å². The first kappa shape index (κ1) is 21.5. The number of Topliss-reactive ketones (excluding diaryl/α,β-unsaturated/α-hetero) is 1. The van der Waals surface area contributed by atoms with Gasteiger partial charge in [0.05, 0.1) is 5.69 Å². The zero-order chi connectivity index (χ0) is 21.6. The summed E-state index contributed by atoms with van der Waals surface area (Å²) in [5.41, 5.74) is 12.9. The lowest BCUT2D eigenvalue weighted by Gasteiger charge is -2.23. The molecule has 3 nitrogen and oxygen atoms in total. The van der Waals surface area contributed by atoms with E-state index in [4.69, 9.17) is 10.7 Å². The normalized spacial score (nSPS) is 18.1. The largest absolute Gasteiger partial charge is 0.404 e. The Morgan fingerprint density at radius 3 is 2.65 bits per heavy atom. The summed E-state index contributed by atoms with van der Waals surface area (Å²) in [5.74, 6) is 1.26. The molecule has 0 saturated heterocycles. The summed E-state index contributed by atoms with van der Waals surface area (Å²) in [7, 11) is 0. The standard InChI is InChI=1S/C28H34N2O.H2/c1-2-21(19-29)22-12-10-20(11-13-22)18-26-17-16-25-15-14-24(28(25)30-26)6-3-4-9-27(31)23-7-5-8-23;/h10-17,19,23-24H,2-9,18,29H2,1H3;1H/b21-19+;. The topological polar surface area (TPSA) is 56.0 Å². The number of unbranched alkanes of at least 4 members (excludes halogenated alkanes) is 1. The van der Waals surface area contributed by atoms with E-state index < -0.39 is 0 Å². The Bertz CT molecular complexity index is 973. The van der Waals surface area contributed by atoms with Gasteiger partial charge in [0.2, 0.25) is 0 Å². The lowest BCUT2D eigenvalue weighted by molar-refractivity contribution is -0.125. The quantitative estimate of drug-likeness (QED) is 0.440. The van der Waals surface area contributed by atoms with Gasteiger partial charge in [-0.3, -0.25) is 9.78 Å². The average molecular weight is 417 g/mol. The average Bonchev–Trinajstić information content (AvgIpc) is 3.14. The van der Waals surface area contributed by atoms with Crippen LogP contribution in [0.15, 0.2) is 48.7 Å². The Kier molecular flexibility index (Phi) is 7.01. The number of aromatic nitrogens is 1. The maximum Gasteiger partial charge on any atom is 0.135 e. The fraction of sp³-hybridized carbons (Fsp3) is 0.429. The molecular weight excluding hydrogens is 380 g/mol. The number of hydrogen-bond donors (Lipinski definition) is 1. The van der Waals surface area contributed by atoms with Crippen LogP contribution >= 0.6 is 0 Å². The van der Waals surface area contributed by atoms with Crippen LogP contribution in [0.4, 0.5) is 0 Å². The molecule has 1 aromatic heterocycles. The van der Waals surface area contributed by atoms with Gasteiger partial charge >= 0.3 is 0 Å². The highest BCUT2D eigenvalue weighted by Gasteiger charge is 2.24. The molecule has 1 heterocycles. The molecule has 2 aliphatic rings. The Labute approximate surface area is 188 Å². The third-order valence-electron chi connectivity index (χ3n) is 6.92. The summed E-state index contributed by atoms with van der Waals surface area (Å²) in [4.78, 5) is 17.1. The number of nitrogens with two attached hydrogens (primary N) is 1. The molecule has 2 N–H and O–H groups in total. The van der Waals surface area contributed by atoms with Gasteiger partial charge < -0.3 is 5.73 Å². The van der Waals surface area contributed by atoms with Crippen molar-refractivity contribution in [3.63, 3.8) is 0 Å². The molecule has 0 bridgehead atoms. The number of carbonyl (C=O) groups is 1. The zero-order valence-electron chi connectivity index (χ0n) is 18.6. The molecule has 1 aromatic carbocycles. The molecule has 1 saturated carbocycles. The second kappa shape index (κ2) is 10.1. The summed E-state index contributed by atoms with van der Waals surface area (Å²) in [6.45, 7) is 2.12. The lowest BCUT2D eigenvalue weighted by Crippen LogP contribution is -2.21. The second-order valence-electron chi connectivity index (χ2n) is 9.00. The monoisotopic (exact) mass is 416 g/mol. The fourth-order valence-corrected chi connectivity index (χ4v) is 4.67. The Hall–Kier alpha value is -2.68. The van der Waals surface area contributed by atoms with Crippen LogP contribution in [-0.2, 0) is 11.2 Å². The maximum absolute atomic E-state index is 12.1. The van der Waals surface area contributed by atoms with Gasteiger partial charge in [0.25, 0.3) is 0 Å². The van der Waals surface area contributed by atoms with Gasteiger partial charge in [-0.25, -0.2) is 0 Å². The second-order valence-corrected chi connectivity index (χ2v) is 9.00. The number of pyridine rings is 1. The minimum atomic E-state index is 0. The third kappa shape index (κ3) is 5.15. The predicted molar refractivity (Wildman–Crippen MR) is 131 cm³/mol. The van der Waals surface area contributed by atoms with Gasteiger partial charge in [-0.1, -0.05) is 62.2 Å². The molecule has 2 aliphatic carbocycles. The first-order chi connectivity index (χ1) is 15.2. The molecule has 0 aliphatic heterocycles. The molecule has 4 rings (SSSR count). The highest BCUT2D eigenvalue weighted by Crippen LogP contribution is 2.34. The van der Waals surface area contributed by atoms with E-state index in [2.05, 4.69) is 55.5 Å². The van der Waals surface area contributed by atoms with E-state index in [1.165, 1.54) is 34.4 Å². The zero-order valence-corrected chi connectivity index (χ0v) is 18.6. The first-order valence-corrected chi connectivity index (χ1v) is 11.9. The number of benzene rings is 1. The van der Waals surface area contributed by atoms with Crippen molar-refractivity contribution in [2.45, 2.75) is 70.6 Å². The van der Waals surface area contributed by atoms with Crippen LogP contribution in [0.1, 0.15) is 93.7 Å². The molecular formula is C28H36N2O. The Balaban J connectivity index is 0.00000289. The van der Waals surface area contributed by atoms with Gasteiger partial charge in [-0.05, 0) is 66.6 Å². The number of hydrogen-bond acceptors (Lipinski definition) is 3. The molecule has 31 heavy (non-hydrogen) atoms. The Morgan fingerprint density at radius 2 is 1.97 bits per heavy atom. The van der Waals surface area contributed by atoms with E-state index in [0.717, 1.165) is 57.1 Å². The van der Waals surface area contributed by atoms with Crippen molar-refractivity contribution in [1.29, 1.82) is 0 Å². The van der Waals surface area contributed by atoms with E-state index in [-0.39, 0.29) is 1.43 Å². The van der Waals surface area contributed by atoms with Crippen molar-refractivity contribution >= 4 is 17.4 Å². The van der Waals surface area contributed by atoms with Crippen LogP contribution < -0.4 is 5.73 Å².